The van der Waals surface area contributed by atoms with Gasteiger partial charge in [-0.1, -0.05) is 0 Å². The molecule has 0 aliphatic heterocycles. The maximum atomic E-state index is 11.1. The van der Waals surface area contributed by atoms with Crippen molar-refractivity contribution in [2.45, 2.75) is 12.8 Å². The Hall–Kier alpha value is -1.63. The third-order valence-electron chi connectivity index (χ3n) is 1.84. The smallest absolute Gasteiger partial charge is 0.231 e. The SMILES string of the molecule is CN(CCNC(=O)CCC(N)=O)CC(N)=O. The summed E-state index contributed by atoms with van der Waals surface area (Å²) in [5.41, 5.74) is 9.88. The Kier molecular flexibility index (Phi) is 6.86. The van der Waals surface area contributed by atoms with Crippen molar-refractivity contribution in [1.82, 2.24) is 10.2 Å². The summed E-state index contributed by atoms with van der Waals surface area (Å²) in [6.07, 6.45) is 0.137. The zero-order chi connectivity index (χ0) is 12.6. The van der Waals surface area contributed by atoms with Gasteiger partial charge in [0.2, 0.25) is 17.7 Å². The molecule has 0 spiro atoms. The molecule has 0 unspecified atom stereocenters. The summed E-state index contributed by atoms with van der Waals surface area (Å²) >= 11 is 0. The van der Waals surface area contributed by atoms with Gasteiger partial charge in [0.1, 0.15) is 0 Å². The van der Waals surface area contributed by atoms with Crippen LogP contribution in [0.4, 0.5) is 0 Å². The van der Waals surface area contributed by atoms with E-state index in [1.165, 1.54) is 0 Å². The van der Waals surface area contributed by atoms with Gasteiger partial charge in [0.05, 0.1) is 6.54 Å². The fraction of sp³-hybridized carbons (Fsp3) is 0.667. The number of hydrogen-bond acceptors (Lipinski definition) is 4. The summed E-state index contributed by atoms with van der Waals surface area (Å²) < 4.78 is 0. The highest BCUT2D eigenvalue weighted by Crippen LogP contribution is 1.87. The van der Waals surface area contributed by atoms with Crippen LogP contribution in [-0.2, 0) is 14.4 Å². The van der Waals surface area contributed by atoms with Crippen LogP contribution in [-0.4, -0.2) is 49.3 Å². The van der Waals surface area contributed by atoms with Gasteiger partial charge in [0.15, 0.2) is 0 Å². The Bertz CT molecular complexity index is 267. The largest absolute Gasteiger partial charge is 0.370 e. The summed E-state index contributed by atoms with van der Waals surface area (Å²) in [6.45, 7) is 1.07. The molecule has 0 aliphatic rings. The van der Waals surface area contributed by atoms with Crippen LogP contribution in [0.15, 0.2) is 0 Å². The van der Waals surface area contributed by atoms with Crippen molar-refractivity contribution in [3.8, 4) is 0 Å². The number of hydrogen-bond donors (Lipinski definition) is 3. The highest BCUT2D eigenvalue weighted by molar-refractivity contribution is 5.82. The maximum Gasteiger partial charge on any atom is 0.231 e. The Morgan fingerprint density at radius 2 is 1.75 bits per heavy atom. The molecule has 0 bridgehead atoms. The molecule has 0 aromatic rings. The zero-order valence-electron chi connectivity index (χ0n) is 9.36. The molecule has 7 nitrogen and oxygen atoms in total. The van der Waals surface area contributed by atoms with Crippen molar-refractivity contribution in [3.63, 3.8) is 0 Å². The van der Waals surface area contributed by atoms with Gasteiger partial charge in [-0.2, -0.15) is 0 Å². The fourth-order valence-corrected chi connectivity index (χ4v) is 1.06. The van der Waals surface area contributed by atoms with Crippen molar-refractivity contribution < 1.29 is 14.4 Å². The lowest BCUT2D eigenvalue weighted by Crippen LogP contribution is -2.37. The van der Waals surface area contributed by atoms with Crippen LogP contribution in [0.1, 0.15) is 12.8 Å². The molecular weight excluding hydrogens is 212 g/mol. The first-order valence-electron chi connectivity index (χ1n) is 4.93. The molecule has 0 saturated heterocycles. The van der Waals surface area contributed by atoms with Crippen LogP contribution >= 0.6 is 0 Å². The number of carbonyl (C=O) groups excluding carboxylic acids is 3. The van der Waals surface area contributed by atoms with Gasteiger partial charge < -0.3 is 16.8 Å². The van der Waals surface area contributed by atoms with E-state index < -0.39 is 11.8 Å². The normalized spacial score (nSPS) is 10.1. The minimum absolute atomic E-state index is 0.0446. The summed E-state index contributed by atoms with van der Waals surface area (Å²) in [5, 5.41) is 2.60. The van der Waals surface area contributed by atoms with Crippen molar-refractivity contribution in [3.05, 3.63) is 0 Å². The highest BCUT2D eigenvalue weighted by atomic mass is 16.2. The van der Waals surface area contributed by atoms with E-state index >= 15 is 0 Å². The van der Waals surface area contributed by atoms with Gasteiger partial charge >= 0.3 is 0 Å². The van der Waals surface area contributed by atoms with Crippen molar-refractivity contribution >= 4 is 17.7 Å². The van der Waals surface area contributed by atoms with Crippen LogP contribution < -0.4 is 16.8 Å². The van der Waals surface area contributed by atoms with Crippen LogP contribution in [0, 0.1) is 0 Å². The van der Waals surface area contributed by atoms with Crippen molar-refractivity contribution in [2.75, 3.05) is 26.7 Å². The monoisotopic (exact) mass is 230 g/mol. The lowest BCUT2D eigenvalue weighted by molar-refractivity contribution is -0.125. The predicted molar refractivity (Wildman–Crippen MR) is 58.1 cm³/mol. The Labute approximate surface area is 94.1 Å². The zero-order valence-corrected chi connectivity index (χ0v) is 9.36. The predicted octanol–water partition coefficient (Wildman–Crippen LogP) is -2.21. The van der Waals surface area contributed by atoms with Gasteiger partial charge in [-0.3, -0.25) is 19.3 Å². The third kappa shape index (κ3) is 8.95. The number of primary amides is 2. The number of amides is 3. The maximum absolute atomic E-state index is 11.1. The first-order valence-corrected chi connectivity index (χ1v) is 4.93. The number of likely N-dealkylation sites (N-methyl/N-ethyl adjacent to an activating group) is 1. The second kappa shape index (κ2) is 7.63. The lowest BCUT2D eigenvalue weighted by atomic mass is 10.3. The van der Waals surface area contributed by atoms with E-state index in [1.54, 1.807) is 11.9 Å². The molecule has 0 aromatic carbocycles. The van der Waals surface area contributed by atoms with E-state index in [2.05, 4.69) is 5.32 Å². The molecule has 0 rings (SSSR count). The van der Waals surface area contributed by atoms with E-state index in [9.17, 15) is 14.4 Å². The molecule has 92 valence electrons. The van der Waals surface area contributed by atoms with Crippen LogP contribution in [0.3, 0.4) is 0 Å². The minimum Gasteiger partial charge on any atom is -0.370 e. The molecule has 7 heteroatoms. The number of nitrogens with zero attached hydrogens (tertiary/aromatic N) is 1. The van der Waals surface area contributed by atoms with E-state index in [0.717, 1.165) is 0 Å². The van der Waals surface area contributed by atoms with E-state index in [1.807, 2.05) is 0 Å². The molecule has 0 radical (unpaired) electrons. The Balaban J connectivity index is 3.53. The Morgan fingerprint density at radius 3 is 2.25 bits per heavy atom. The van der Waals surface area contributed by atoms with Crippen LogP contribution in [0.2, 0.25) is 0 Å². The second-order valence-electron chi connectivity index (χ2n) is 3.52. The van der Waals surface area contributed by atoms with Crippen LogP contribution in [0.5, 0.6) is 0 Å². The second-order valence-corrected chi connectivity index (χ2v) is 3.52. The van der Waals surface area contributed by atoms with Gasteiger partial charge in [-0.25, -0.2) is 0 Å². The van der Waals surface area contributed by atoms with Crippen molar-refractivity contribution in [2.24, 2.45) is 11.5 Å². The minimum atomic E-state index is -0.499. The van der Waals surface area contributed by atoms with E-state index in [0.29, 0.717) is 13.1 Å². The first-order chi connectivity index (χ1) is 7.41. The molecule has 0 saturated carbocycles. The average Bonchev–Trinajstić information content (AvgIpc) is 2.13. The topological polar surface area (TPSA) is 119 Å². The Morgan fingerprint density at radius 1 is 1.12 bits per heavy atom. The van der Waals surface area contributed by atoms with E-state index in [4.69, 9.17) is 11.5 Å². The molecule has 0 fully saturated rings. The van der Waals surface area contributed by atoms with Gasteiger partial charge in [0.25, 0.3) is 0 Å². The van der Waals surface area contributed by atoms with Crippen LogP contribution in [0.25, 0.3) is 0 Å². The summed E-state index contributed by atoms with van der Waals surface area (Å²) in [6, 6.07) is 0. The summed E-state index contributed by atoms with van der Waals surface area (Å²) in [5.74, 6) is -1.14. The highest BCUT2D eigenvalue weighted by Gasteiger charge is 2.05. The lowest BCUT2D eigenvalue weighted by Gasteiger charge is -2.14. The molecule has 0 heterocycles. The molecular formula is C9H18N4O3. The molecule has 0 aromatic heterocycles. The van der Waals surface area contributed by atoms with Gasteiger partial charge in [0, 0.05) is 25.9 Å². The standard InChI is InChI=1S/C9H18N4O3/c1-13(6-8(11)15)5-4-12-9(16)3-2-7(10)14/h2-6H2,1H3,(H2,10,14)(H2,11,15)(H,12,16). The van der Waals surface area contributed by atoms with E-state index in [-0.39, 0.29) is 25.3 Å². The molecule has 5 N–H and O–H groups in total. The average molecular weight is 230 g/mol. The van der Waals surface area contributed by atoms with Gasteiger partial charge in [-0.05, 0) is 7.05 Å². The number of rotatable bonds is 8. The molecule has 3 amide bonds. The quantitative estimate of drug-likeness (QED) is 0.438. The number of carbonyl (C=O) groups is 3. The number of nitrogens with one attached hydrogen (secondary N) is 1. The molecule has 0 atom stereocenters. The third-order valence-corrected chi connectivity index (χ3v) is 1.84. The molecule has 16 heavy (non-hydrogen) atoms. The molecule has 0 aliphatic carbocycles. The first kappa shape index (κ1) is 14.4. The summed E-state index contributed by atoms with van der Waals surface area (Å²) in [7, 11) is 1.72. The van der Waals surface area contributed by atoms with Crippen molar-refractivity contribution in [1.29, 1.82) is 0 Å². The summed E-state index contributed by atoms with van der Waals surface area (Å²) in [4.78, 5) is 33.7. The number of nitrogens with two attached hydrogens (primary N) is 2. The van der Waals surface area contributed by atoms with Gasteiger partial charge in [-0.15, -0.1) is 0 Å². The fourth-order valence-electron chi connectivity index (χ4n) is 1.06.